The van der Waals surface area contributed by atoms with Crippen molar-refractivity contribution in [1.29, 1.82) is 0 Å². The average Bonchev–Trinajstić information content (AvgIpc) is 2.09. The van der Waals surface area contributed by atoms with Crippen LogP contribution in [-0.4, -0.2) is 17.6 Å². The number of aliphatic carboxylic acids is 1. The van der Waals surface area contributed by atoms with Crippen LogP contribution >= 0.6 is 0 Å². The van der Waals surface area contributed by atoms with Crippen molar-refractivity contribution in [2.75, 3.05) is 6.54 Å². The molecule has 2 rings (SSSR count). The monoisotopic (exact) mass is 197 g/mol. The van der Waals surface area contributed by atoms with E-state index in [1.807, 2.05) is 0 Å². The second kappa shape index (κ2) is 3.54. The number of carboxylic acid groups (broad SMARTS) is 1. The van der Waals surface area contributed by atoms with Crippen LogP contribution in [-0.2, 0) is 4.79 Å². The van der Waals surface area contributed by atoms with E-state index in [1.54, 1.807) is 0 Å². The predicted molar refractivity (Wildman–Crippen MR) is 53.8 cm³/mol. The molecule has 0 aromatic rings. The Kier molecular flexibility index (Phi) is 2.52. The second-order valence-corrected chi connectivity index (χ2v) is 5.11. The number of carbonyl (C=O) groups is 1. The Bertz CT molecular complexity index is 241. The molecule has 2 saturated carbocycles. The van der Waals surface area contributed by atoms with E-state index in [-0.39, 0.29) is 11.8 Å². The van der Waals surface area contributed by atoms with Crippen LogP contribution in [0, 0.1) is 17.3 Å². The lowest BCUT2D eigenvalue weighted by molar-refractivity contribution is -0.141. The summed E-state index contributed by atoms with van der Waals surface area (Å²) >= 11 is 0. The lowest BCUT2D eigenvalue weighted by Crippen LogP contribution is -2.44. The molecule has 14 heavy (non-hydrogen) atoms. The van der Waals surface area contributed by atoms with Gasteiger partial charge in [-0.15, -0.1) is 0 Å². The summed E-state index contributed by atoms with van der Waals surface area (Å²) in [6, 6.07) is 0. The van der Waals surface area contributed by atoms with Crippen molar-refractivity contribution < 1.29 is 9.90 Å². The van der Waals surface area contributed by atoms with Crippen molar-refractivity contribution in [3.8, 4) is 0 Å². The van der Waals surface area contributed by atoms with Gasteiger partial charge >= 0.3 is 5.97 Å². The summed E-state index contributed by atoms with van der Waals surface area (Å²) in [7, 11) is 0. The number of carboxylic acids is 1. The van der Waals surface area contributed by atoms with Gasteiger partial charge in [-0.05, 0) is 55.9 Å². The molecule has 0 radical (unpaired) electrons. The van der Waals surface area contributed by atoms with E-state index >= 15 is 0 Å². The van der Waals surface area contributed by atoms with Crippen molar-refractivity contribution in [3.05, 3.63) is 0 Å². The third-order valence-electron chi connectivity index (χ3n) is 4.27. The zero-order chi connectivity index (χ0) is 10.2. The zero-order valence-corrected chi connectivity index (χ0v) is 8.54. The van der Waals surface area contributed by atoms with Crippen molar-refractivity contribution in [1.82, 2.24) is 0 Å². The first kappa shape index (κ1) is 9.97. The maximum atomic E-state index is 10.8. The summed E-state index contributed by atoms with van der Waals surface area (Å²) in [5.41, 5.74) is 5.68. The predicted octanol–water partition coefficient (Wildman–Crippen LogP) is 1.62. The van der Waals surface area contributed by atoms with Crippen LogP contribution in [0.25, 0.3) is 0 Å². The quantitative estimate of drug-likeness (QED) is 0.722. The van der Waals surface area contributed by atoms with Gasteiger partial charge in [0.25, 0.3) is 0 Å². The largest absolute Gasteiger partial charge is 0.481 e. The van der Waals surface area contributed by atoms with Crippen LogP contribution < -0.4 is 5.73 Å². The average molecular weight is 197 g/mol. The van der Waals surface area contributed by atoms with Gasteiger partial charge in [0, 0.05) is 0 Å². The molecular formula is C11H19NO2. The summed E-state index contributed by atoms with van der Waals surface area (Å²) < 4.78 is 0. The molecule has 0 aromatic carbocycles. The first-order chi connectivity index (χ1) is 6.65. The summed E-state index contributed by atoms with van der Waals surface area (Å²) in [4.78, 5) is 10.8. The lowest BCUT2D eigenvalue weighted by Gasteiger charge is -2.49. The maximum Gasteiger partial charge on any atom is 0.303 e. The number of fused-ring (bicyclic) bond motifs is 1. The van der Waals surface area contributed by atoms with Crippen molar-refractivity contribution in [2.24, 2.45) is 23.0 Å². The van der Waals surface area contributed by atoms with Crippen LogP contribution in [0.1, 0.15) is 38.5 Å². The highest BCUT2D eigenvalue weighted by Crippen LogP contribution is 2.52. The van der Waals surface area contributed by atoms with Gasteiger partial charge in [0.15, 0.2) is 0 Å². The van der Waals surface area contributed by atoms with E-state index in [1.165, 1.54) is 19.3 Å². The SMILES string of the molecule is NCC1(CC(=O)O)CC[C@@H]2CC[C@@H]2C1. The zero-order valence-electron chi connectivity index (χ0n) is 8.54. The molecular weight excluding hydrogens is 178 g/mol. The molecule has 3 nitrogen and oxygen atoms in total. The Morgan fingerprint density at radius 2 is 2.07 bits per heavy atom. The summed E-state index contributed by atoms with van der Waals surface area (Å²) in [5, 5.41) is 8.88. The molecule has 2 fully saturated rings. The third kappa shape index (κ3) is 1.65. The molecule has 3 heteroatoms. The number of rotatable bonds is 3. The van der Waals surface area contributed by atoms with Gasteiger partial charge in [-0.1, -0.05) is 0 Å². The molecule has 80 valence electrons. The lowest BCUT2D eigenvalue weighted by atomic mass is 9.56. The fourth-order valence-electron chi connectivity index (χ4n) is 3.18. The van der Waals surface area contributed by atoms with Crippen LogP contribution in [0.2, 0.25) is 0 Å². The molecule has 0 heterocycles. The van der Waals surface area contributed by atoms with Crippen molar-refractivity contribution in [3.63, 3.8) is 0 Å². The van der Waals surface area contributed by atoms with E-state index in [2.05, 4.69) is 0 Å². The van der Waals surface area contributed by atoms with Gasteiger partial charge in [0.05, 0.1) is 6.42 Å². The van der Waals surface area contributed by atoms with Crippen LogP contribution in [0.15, 0.2) is 0 Å². The molecule has 3 atom stereocenters. The van der Waals surface area contributed by atoms with E-state index < -0.39 is 5.97 Å². The maximum absolute atomic E-state index is 10.8. The van der Waals surface area contributed by atoms with Crippen molar-refractivity contribution in [2.45, 2.75) is 38.5 Å². The van der Waals surface area contributed by atoms with Crippen molar-refractivity contribution >= 4 is 5.97 Å². The van der Waals surface area contributed by atoms with Gasteiger partial charge in [-0.2, -0.15) is 0 Å². The fourth-order valence-corrected chi connectivity index (χ4v) is 3.18. The first-order valence-electron chi connectivity index (χ1n) is 5.57. The van der Waals surface area contributed by atoms with Crippen LogP contribution in [0.3, 0.4) is 0 Å². The molecule has 3 N–H and O–H groups in total. The molecule has 2 aliphatic rings. The minimum Gasteiger partial charge on any atom is -0.481 e. The smallest absolute Gasteiger partial charge is 0.303 e. The molecule has 2 aliphatic carbocycles. The Labute approximate surface area is 84.7 Å². The minimum absolute atomic E-state index is 0.0760. The van der Waals surface area contributed by atoms with E-state index in [0.717, 1.165) is 24.7 Å². The number of hydrogen-bond donors (Lipinski definition) is 2. The highest BCUT2D eigenvalue weighted by atomic mass is 16.4. The van der Waals surface area contributed by atoms with Crippen LogP contribution in [0.5, 0.6) is 0 Å². The first-order valence-corrected chi connectivity index (χ1v) is 5.57. The molecule has 0 aliphatic heterocycles. The Balaban J connectivity index is 2.01. The van der Waals surface area contributed by atoms with Gasteiger partial charge in [-0.3, -0.25) is 4.79 Å². The molecule has 0 spiro atoms. The normalized spacial score (nSPS) is 41.2. The number of nitrogens with two attached hydrogens (primary N) is 1. The molecule has 0 aromatic heterocycles. The fraction of sp³-hybridized carbons (Fsp3) is 0.909. The molecule has 1 unspecified atom stereocenters. The van der Waals surface area contributed by atoms with E-state index in [9.17, 15) is 4.79 Å². The summed E-state index contributed by atoms with van der Waals surface area (Å²) in [5.74, 6) is 0.989. The highest BCUT2D eigenvalue weighted by molar-refractivity contribution is 5.67. The Hall–Kier alpha value is -0.570. The topological polar surface area (TPSA) is 63.3 Å². The van der Waals surface area contributed by atoms with Gasteiger partial charge in [0.2, 0.25) is 0 Å². The summed E-state index contributed by atoms with van der Waals surface area (Å²) in [6.45, 7) is 0.544. The van der Waals surface area contributed by atoms with Gasteiger partial charge in [0.1, 0.15) is 0 Å². The number of hydrogen-bond acceptors (Lipinski definition) is 2. The van der Waals surface area contributed by atoms with Gasteiger partial charge < -0.3 is 10.8 Å². The van der Waals surface area contributed by atoms with E-state index in [0.29, 0.717) is 6.54 Å². The molecule has 0 bridgehead atoms. The highest BCUT2D eigenvalue weighted by Gasteiger charge is 2.44. The molecule has 0 saturated heterocycles. The molecule has 0 amide bonds. The third-order valence-corrected chi connectivity index (χ3v) is 4.27. The standard InChI is InChI=1S/C11H19NO2/c12-7-11(6-10(13)14)4-3-8-1-2-9(8)5-11/h8-9H,1-7,12H2,(H,13,14)/t8-,9+,11?/m0/s1. The Morgan fingerprint density at radius 1 is 1.36 bits per heavy atom. The Morgan fingerprint density at radius 3 is 2.50 bits per heavy atom. The minimum atomic E-state index is -0.687. The van der Waals surface area contributed by atoms with Gasteiger partial charge in [-0.25, -0.2) is 0 Å². The van der Waals surface area contributed by atoms with E-state index in [4.69, 9.17) is 10.8 Å². The second-order valence-electron chi connectivity index (χ2n) is 5.11. The van der Waals surface area contributed by atoms with Crippen LogP contribution in [0.4, 0.5) is 0 Å². The summed E-state index contributed by atoms with van der Waals surface area (Å²) in [6.07, 6.45) is 6.21.